The van der Waals surface area contributed by atoms with E-state index in [1.165, 1.54) is 0 Å². The lowest BCUT2D eigenvalue weighted by Crippen LogP contribution is -2.43. The monoisotopic (exact) mass is 548 g/mol. The average Bonchev–Trinajstić information content (AvgIpc) is 2.63. The third-order valence-corrected chi connectivity index (χ3v) is 2.41. The Hall–Kier alpha value is -3.91. The van der Waals surface area contributed by atoms with Crippen LogP contribution >= 0.6 is 0 Å². The maximum absolute atomic E-state index is 10.6. The fraction of sp³-hybridized carbons (Fsp3) is 0.611. The first kappa shape index (κ1) is 43.2. The highest BCUT2D eigenvalue weighted by molar-refractivity contribution is 5.73. The van der Waals surface area contributed by atoms with E-state index in [0.717, 1.165) is 30.6 Å². The molecule has 0 aromatic carbocycles. The SMILES string of the molecule is CC(=O)O.CC(=O)O.CC(=O)O.NCC(N)O.O=C(O)CN(CCN(CC(=O)O)CC(=O)O)CC(=O)O. The van der Waals surface area contributed by atoms with Crippen molar-refractivity contribution in [3.8, 4) is 0 Å². The summed E-state index contributed by atoms with van der Waals surface area (Å²) in [6, 6.07) is 0. The maximum atomic E-state index is 10.6. The largest absolute Gasteiger partial charge is 0.481 e. The summed E-state index contributed by atoms with van der Waals surface area (Å²) in [4.78, 5) is 71.4. The first-order valence-corrected chi connectivity index (χ1v) is 9.71. The molecule has 19 heteroatoms. The van der Waals surface area contributed by atoms with Crippen molar-refractivity contribution in [2.75, 3.05) is 45.8 Å². The van der Waals surface area contributed by atoms with E-state index in [1.54, 1.807) is 0 Å². The minimum absolute atomic E-state index is 0.0703. The van der Waals surface area contributed by atoms with Crippen LogP contribution in [0.4, 0.5) is 0 Å². The van der Waals surface area contributed by atoms with Crippen LogP contribution in [0.5, 0.6) is 0 Å². The smallest absolute Gasteiger partial charge is 0.317 e. The second-order valence-electron chi connectivity index (χ2n) is 6.36. The molecule has 0 fully saturated rings. The summed E-state index contributed by atoms with van der Waals surface area (Å²) in [7, 11) is 0. The number of carboxylic acid groups (broad SMARTS) is 7. The molecule has 0 saturated heterocycles. The number of carboxylic acids is 7. The molecular formula is C18H36N4O15. The molecular weight excluding hydrogens is 512 g/mol. The predicted molar refractivity (Wildman–Crippen MR) is 123 cm³/mol. The summed E-state index contributed by atoms with van der Waals surface area (Å²) in [5.74, 6) is -7.41. The van der Waals surface area contributed by atoms with Crippen molar-refractivity contribution in [1.29, 1.82) is 0 Å². The van der Waals surface area contributed by atoms with Gasteiger partial charge in [0, 0.05) is 40.4 Å². The van der Waals surface area contributed by atoms with Crippen LogP contribution in [0.2, 0.25) is 0 Å². The molecule has 0 bridgehead atoms. The van der Waals surface area contributed by atoms with Crippen molar-refractivity contribution >= 4 is 41.8 Å². The Kier molecular flexibility index (Phi) is 33.1. The molecule has 12 N–H and O–H groups in total. The quantitative estimate of drug-likeness (QED) is 0.105. The van der Waals surface area contributed by atoms with E-state index in [4.69, 9.17) is 66.7 Å². The maximum Gasteiger partial charge on any atom is 0.317 e. The zero-order valence-electron chi connectivity index (χ0n) is 20.5. The van der Waals surface area contributed by atoms with E-state index in [0.29, 0.717) is 0 Å². The first-order valence-electron chi connectivity index (χ1n) is 9.71. The van der Waals surface area contributed by atoms with Crippen molar-refractivity contribution in [2.24, 2.45) is 11.5 Å². The van der Waals surface area contributed by atoms with Gasteiger partial charge in [-0.05, 0) is 0 Å². The summed E-state index contributed by atoms with van der Waals surface area (Å²) >= 11 is 0. The van der Waals surface area contributed by atoms with Gasteiger partial charge in [0.15, 0.2) is 0 Å². The fourth-order valence-corrected chi connectivity index (χ4v) is 1.48. The fourth-order valence-electron chi connectivity index (χ4n) is 1.48. The van der Waals surface area contributed by atoms with Crippen LogP contribution in [0, 0.1) is 0 Å². The molecule has 0 saturated carbocycles. The number of nitrogens with zero attached hydrogens (tertiary/aromatic N) is 2. The number of aliphatic hydroxyl groups is 1. The van der Waals surface area contributed by atoms with E-state index in [2.05, 4.69) is 0 Å². The highest BCUT2D eigenvalue weighted by atomic mass is 16.4. The predicted octanol–water partition coefficient (Wildman–Crippen LogP) is -3.58. The molecule has 0 spiro atoms. The van der Waals surface area contributed by atoms with Gasteiger partial charge in [-0.25, -0.2) is 0 Å². The molecule has 37 heavy (non-hydrogen) atoms. The van der Waals surface area contributed by atoms with Crippen LogP contribution in [-0.2, 0) is 33.6 Å². The number of hydrogen-bond donors (Lipinski definition) is 10. The molecule has 1 atom stereocenters. The van der Waals surface area contributed by atoms with Gasteiger partial charge < -0.3 is 52.3 Å². The van der Waals surface area contributed by atoms with Gasteiger partial charge >= 0.3 is 23.9 Å². The van der Waals surface area contributed by atoms with Crippen LogP contribution < -0.4 is 11.5 Å². The Morgan fingerprint density at radius 1 is 0.568 bits per heavy atom. The summed E-state index contributed by atoms with van der Waals surface area (Å²) in [5.41, 5.74) is 9.52. The van der Waals surface area contributed by atoms with Crippen molar-refractivity contribution in [2.45, 2.75) is 27.0 Å². The van der Waals surface area contributed by atoms with Gasteiger partial charge in [-0.1, -0.05) is 0 Å². The third-order valence-electron chi connectivity index (χ3n) is 2.41. The standard InChI is InChI=1S/C10H16N2O8.C2H8N2O.3C2H4O2/c13-7(14)3-11(4-8(15)16)1-2-12(5-9(17)18)6-10(19)20;3-1-2(4)5;3*1-2(3)4/h1-6H2,(H,13,14)(H,15,16)(H,17,18)(H,19,20);2,5H,1,3-4H2;3*1H3,(H,3,4). The number of aliphatic carboxylic acids is 7. The number of hydrogen-bond acceptors (Lipinski definition) is 12. The Balaban J connectivity index is -0.000000162. The van der Waals surface area contributed by atoms with E-state index in [1.807, 2.05) is 0 Å². The molecule has 0 heterocycles. The van der Waals surface area contributed by atoms with E-state index >= 15 is 0 Å². The van der Waals surface area contributed by atoms with Crippen molar-refractivity contribution in [3.05, 3.63) is 0 Å². The lowest BCUT2D eigenvalue weighted by molar-refractivity contribution is -0.145. The number of nitrogens with two attached hydrogens (primary N) is 2. The summed E-state index contributed by atoms with van der Waals surface area (Å²) in [5, 5.41) is 64.7. The summed E-state index contributed by atoms with van der Waals surface area (Å²) < 4.78 is 0. The highest BCUT2D eigenvalue weighted by Crippen LogP contribution is 1.94. The Labute approximate surface area is 211 Å². The Bertz CT molecular complexity index is 592. The van der Waals surface area contributed by atoms with Crippen LogP contribution in [0.25, 0.3) is 0 Å². The van der Waals surface area contributed by atoms with E-state index < -0.39 is 74.2 Å². The molecule has 0 aromatic rings. The van der Waals surface area contributed by atoms with Crippen LogP contribution in [-0.4, -0.2) is 144 Å². The van der Waals surface area contributed by atoms with Gasteiger partial charge in [0.05, 0.1) is 26.2 Å². The zero-order valence-corrected chi connectivity index (χ0v) is 20.5. The van der Waals surface area contributed by atoms with E-state index in [9.17, 15) is 19.2 Å². The second-order valence-corrected chi connectivity index (χ2v) is 6.36. The van der Waals surface area contributed by atoms with Crippen LogP contribution in [0.1, 0.15) is 20.8 Å². The third kappa shape index (κ3) is 79.7. The molecule has 0 aromatic heterocycles. The van der Waals surface area contributed by atoms with Crippen LogP contribution in [0.15, 0.2) is 0 Å². The first-order chi connectivity index (χ1) is 16.7. The molecule has 0 rings (SSSR count). The van der Waals surface area contributed by atoms with Crippen molar-refractivity contribution in [1.82, 2.24) is 9.80 Å². The molecule has 19 nitrogen and oxygen atoms in total. The minimum Gasteiger partial charge on any atom is -0.481 e. The highest BCUT2D eigenvalue weighted by Gasteiger charge is 2.18. The molecule has 0 aliphatic rings. The average molecular weight is 548 g/mol. The lowest BCUT2D eigenvalue weighted by Gasteiger charge is -2.23. The molecule has 0 amide bonds. The topological polar surface area (TPSA) is 340 Å². The molecule has 218 valence electrons. The molecule has 0 aliphatic heterocycles. The normalized spacial score (nSPS) is 9.84. The molecule has 0 radical (unpaired) electrons. The number of rotatable bonds is 12. The Morgan fingerprint density at radius 3 is 0.784 bits per heavy atom. The summed E-state index contributed by atoms with van der Waals surface area (Å²) in [6.07, 6.45) is -0.838. The van der Waals surface area contributed by atoms with Crippen molar-refractivity contribution < 1.29 is 74.4 Å². The Morgan fingerprint density at radius 2 is 0.703 bits per heavy atom. The van der Waals surface area contributed by atoms with Gasteiger partial charge in [0.2, 0.25) is 0 Å². The number of aliphatic hydroxyl groups excluding tert-OH is 1. The van der Waals surface area contributed by atoms with Crippen LogP contribution in [0.3, 0.4) is 0 Å². The molecule has 1 unspecified atom stereocenters. The van der Waals surface area contributed by atoms with Gasteiger partial charge in [0.25, 0.3) is 17.9 Å². The van der Waals surface area contributed by atoms with Crippen molar-refractivity contribution in [3.63, 3.8) is 0 Å². The number of carbonyl (C=O) groups is 7. The van der Waals surface area contributed by atoms with Gasteiger partial charge in [-0.3, -0.25) is 43.4 Å². The van der Waals surface area contributed by atoms with Gasteiger partial charge in [0.1, 0.15) is 6.23 Å². The van der Waals surface area contributed by atoms with Gasteiger partial charge in [-0.15, -0.1) is 0 Å². The lowest BCUT2D eigenvalue weighted by atomic mass is 10.4. The van der Waals surface area contributed by atoms with Gasteiger partial charge in [-0.2, -0.15) is 0 Å². The second kappa shape index (κ2) is 28.3. The minimum atomic E-state index is -1.23. The van der Waals surface area contributed by atoms with E-state index in [-0.39, 0.29) is 19.6 Å². The molecule has 0 aliphatic carbocycles. The summed E-state index contributed by atoms with van der Waals surface area (Å²) in [6.45, 7) is 1.14. The zero-order chi connectivity index (χ0) is 30.7.